The molecule has 3 heterocycles. The fourth-order valence-electron chi connectivity index (χ4n) is 3.78. The first kappa shape index (κ1) is 16.6. The number of fused-ring (bicyclic) bond motifs is 3. The van der Waals surface area contributed by atoms with Crippen LogP contribution in [0.5, 0.6) is 0 Å². The van der Waals surface area contributed by atoms with E-state index < -0.39 is 0 Å². The summed E-state index contributed by atoms with van der Waals surface area (Å²) in [7, 11) is 0. The zero-order valence-corrected chi connectivity index (χ0v) is 16.1. The van der Waals surface area contributed by atoms with E-state index in [1.165, 1.54) is 4.88 Å². The zero-order valence-electron chi connectivity index (χ0n) is 14.5. The van der Waals surface area contributed by atoms with E-state index in [9.17, 15) is 4.79 Å². The predicted octanol–water partition coefficient (Wildman–Crippen LogP) is 4.73. The minimum Gasteiger partial charge on any atom is -0.292 e. The summed E-state index contributed by atoms with van der Waals surface area (Å²) < 4.78 is 1.80. The van der Waals surface area contributed by atoms with Gasteiger partial charge in [0.05, 0.1) is 17.0 Å². The molecule has 0 spiro atoms. The summed E-state index contributed by atoms with van der Waals surface area (Å²) >= 11 is 7.85. The summed E-state index contributed by atoms with van der Waals surface area (Å²) in [6, 6.07) is 11.7. The van der Waals surface area contributed by atoms with E-state index in [1.54, 1.807) is 15.9 Å². The lowest BCUT2D eigenvalue weighted by Crippen LogP contribution is -2.23. The van der Waals surface area contributed by atoms with Crippen molar-refractivity contribution in [3.8, 4) is 11.1 Å². The van der Waals surface area contributed by atoms with Gasteiger partial charge in [-0.05, 0) is 36.1 Å². The minimum atomic E-state index is 0.0292. The third-order valence-corrected chi connectivity index (χ3v) is 6.27. The number of hydrogen-bond donors (Lipinski definition) is 0. The Morgan fingerprint density at radius 2 is 2.07 bits per heavy atom. The molecule has 0 fully saturated rings. The second-order valence-corrected chi connectivity index (χ2v) is 8.16. The fourth-order valence-corrected chi connectivity index (χ4v) is 4.80. The lowest BCUT2D eigenvalue weighted by atomic mass is 9.87. The van der Waals surface area contributed by atoms with E-state index in [2.05, 4.69) is 16.3 Å². The molecule has 134 valence electrons. The number of carbonyl (C=O) groups excluding carboxylic acids is 1. The average molecular weight is 395 g/mol. The second kappa shape index (κ2) is 6.25. The second-order valence-electron chi connectivity index (χ2n) is 6.75. The van der Waals surface area contributed by atoms with Gasteiger partial charge in [-0.2, -0.15) is 5.10 Å². The molecule has 1 atom stereocenters. The van der Waals surface area contributed by atoms with Crippen LogP contribution in [-0.2, 0) is 6.42 Å². The standard InChI is InChI=1S/C20H15ClN4OS/c1-11-18(12-4-2-5-14(21)8-12)20-23-22-19-15(25(20)24-11)9-13(10-16(19)26)17-6-3-7-27-17/h2-8,13H,9-10H2,1H3/t13-/m1/s1. The summed E-state index contributed by atoms with van der Waals surface area (Å²) in [6.07, 6.45) is 1.19. The molecule has 0 saturated heterocycles. The minimum absolute atomic E-state index is 0.0292. The van der Waals surface area contributed by atoms with Crippen LogP contribution in [0.2, 0.25) is 5.02 Å². The van der Waals surface area contributed by atoms with Gasteiger partial charge in [-0.1, -0.05) is 29.8 Å². The van der Waals surface area contributed by atoms with E-state index in [-0.39, 0.29) is 11.7 Å². The van der Waals surface area contributed by atoms with Gasteiger partial charge in [0.15, 0.2) is 17.1 Å². The molecule has 5 nitrogen and oxygen atoms in total. The zero-order chi connectivity index (χ0) is 18.5. The van der Waals surface area contributed by atoms with Crippen molar-refractivity contribution < 1.29 is 4.79 Å². The van der Waals surface area contributed by atoms with Crippen LogP contribution in [0.4, 0.5) is 0 Å². The number of hydrogen-bond acceptors (Lipinski definition) is 5. The van der Waals surface area contributed by atoms with Gasteiger partial charge in [-0.15, -0.1) is 21.5 Å². The molecule has 1 aliphatic rings. The molecule has 0 aliphatic heterocycles. The summed E-state index contributed by atoms with van der Waals surface area (Å²) in [5.74, 6) is 0.193. The fraction of sp³-hybridized carbons (Fsp3) is 0.200. The van der Waals surface area contributed by atoms with Crippen LogP contribution in [0.1, 0.15) is 39.1 Å². The number of aromatic nitrogens is 4. The monoisotopic (exact) mass is 394 g/mol. The van der Waals surface area contributed by atoms with Crippen LogP contribution < -0.4 is 0 Å². The van der Waals surface area contributed by atoms with Crippen molar-refractivity contribution in [2.24, 2.45) is 0 Å². The predicted molar refractivity (Wildman–Crippen MR) is 106 cm³/mol. The number of halogens is 1. The molecule has 0 N–H and O–H groups in total. The maximum Gasteiger partial charge on any atom is 0.185 e. The van der Waals surface area contributed by atoms with E-state index in [1.807, 2.05) is 42.6 Å². The van der Waals surface area contributed by atoms with Crippen LogP contribution in [0.25, 0.3) is 16.8 Å². The topological polar surface area (TPSA) is 60.1 Å². The molecule has 3 aromatic heterocycles. The number of thiophene rings is 1. The molecular formula is C20H15ClN4OS. The summed E-state index contributed by atoms with van der Waals surface area (Å²) in [4.78, 5) is 13.9. The Labute approximate surface area is 164 Å². The molecule has 5 rings (SSSR count). The first-order valence-corrected chi connectivity index (χ1v) is 9.95. The van der Waals surface area contributed by atoms with Gasteiger partial charge in [0.1, 0.15) is 0 Å². The number of aryl methyl sites for hydroxylation is 1. The van der Waals surface area contributed by atoms with Crippen molar-refractivity contribution in [2.75, 3.05) is 0 Å². The van der Waals surface area contributed by atoms with E-state index >= 15 is 0 Å². The van der Waals surface area contributed by atoms with E-state index in [0.717, 1.165) is 28.9 Å². The largest absolute Gasteiger partial charge is 0.292 e. The number of rotatable bonds is 2. The highest BCUT2D eigenvalue weighted by Gasteiger charge is 2.31. The van der Waals surface area contributed by atoms with Gasteiger partial charge < -0.3 is 0 Å². The summed E-state index contributed by atoms with van der Waals surface area (Å²) in [6.45, 7) is 1.94. The third kappa shape index (κ3) is 2.67. The van der Waals surface area contributed by atoms with Gasteiger partial charge in [0.2, 0.25) is 0 Å². The highest BCUT2D eigenvalue weighted by molar-refractivity contribution is 7.10. The van der Waals surface area contributed by atoms with Gasteiger partial charge in [0.25, 0.3) is 0 Å². The van der Waals surface area contributed by atoms with Gasteiger partial charge in [-0.25, -0.2) is 4.52 Å². The average Bonchev–Trinajstić information content (AvgIpc) is 3.28. The van der Waals surface area contributed by atoms with Crippen molar-refractivity contribution in [2.45, 2.75) is 25.7 Å². The van der Waals surface area contributed by atoms with Crippen molar-refractivity contribution >= 4 is 34.4 Å². The maximum atomic E-state index is 12.7. The number of ketones is 1. The van der Waals surface area contributed by atoms with Crippen molar-refractivity contribution in [3.63, 3.8) is 0 Å². The van der Waals surface area contributed by atoms with Crippen LogP contribution in [-0.4, -0.2) is 25.6 Å². The lowest BCUT2D eigenvalue weighted by Gasteiger charge is -2.21. The van der Waals surface area contributed by atoms with Crippen molar-refractivity contribution in [1.82, 2.24) is 19.8 Å². The first-order valence-electron chi connectivity index (χ1n) is 8.69. The molecule has 1 aliphatic carbocycles. The van der Waals surface area contributed by atoms with E-state index in [0.29, 0.717) is 22.8 Å². The summed E-state index contributed by atoms with van der Waals surface area (Å²) in [5, 5.41) is 16.0. The smallest absolute Gasteiger partial charge is 0.185 e. The first-order chi connectivity index (χ1) is 13.1. The highest BCUT2D eigenvalue weighted by atomic mass is 35.5. The van der Waals surface area contributed by atoms with Gasteiger partial charge in [-0.3, -0.25) is 4.79 Å². The SMILES string of the molecule is Cc1nn2c3c(nnc2c1-c1cccc(Cl)c1)C(=O)C[C@H](c1cccs1)C3. The van der Waals surface area contributed by atoms with Crippen LogP contribution in [0, 0.1) is 6.92 Å². The lowest BCUT2D eigenvalue weighted by molar-refractivity contribution is 0.0956. The third-order valence-electron chi connectivity index (χ3n) is 5.00. The van der Waals surface area contributed by atoms with Gasteiger partial charge >= 0.3 is 0 Å². The van der Waals surface area contributed by atoms with E-state index in [4.69, 9.17) is 16.7 Å². The van der Waals surface area contributed by atoms with Crippen LogP contribution >= 0.6 is 22.9 Å². The molecule has 0 radical (unpaired) electrons. The number of nitrogens with zero attached hydrogens (tertiary/aromatic N) is 4. The molecule has 27 heavy (non-hydrogen) atoms. The Bertz CT molecular complexity index is 1180. The molecule has 0 bridgehead atoms. The maximum absolute atomic E-state index is 12.7. The number of Topliss-reactive ketones (excluding diaryl/α,β-unsaturated/α-hetero) is 1. The normalized spacial score (nSPS) is 16.7. The molecule has 1 aromatic carbocycles. The Hall–Kier alpha value is -2.57. The summed E-state index contributed by atoms with van der Waals surface area (Å²) in [5.41, 5.74) is 4.62. The van der Waals surface area contributed by atoms with Gasteiger partial charge in [0, 0.05) is 28.7 Å². The molecule has 4 aromatic rings. The molecular weight excluding hydrogens is 380 g/mol. The van der Waals surface area contributed by atoms with Crippen molar-refractivity contribution in [3.05, 3.63) is 68.8 Å². The number of benzene rings is 1. The molecule has 0 saturated carbocycles. The van der Waals surface area contributed by atoms with Crippen LogP contribution in [0.15, 0.2) is 41.8 Å². The molecule has 0 amide bonds. The highest BCUT2D eigenvalue weighted by Crippen LogP contribution is 2.36. The molecule has 0 unspecified atom stereocenters. The van der Waals surface area contributed by atoms with Crippen molar-refractivity contribution in [1.29, 1.82) is 0 Å². The number of carbonyl (C=O) groups is 1. The Morgan fingerprint density at radius 1 is 1.19 bits per heavy atom. The van der Waals surface area contributed by atoms with Crippen LogP contribution in [0.3, 0.4) is 0 Å². The Kier molecular flexibility index (Phi) is 3.84. The molecule has 7 heteroatoms. The quantitative estimate of drug-likeness (QED) is 0.493. The Morgan fingerprint density at radius 3 is 2.85 bits per heavy atom. The Balaban J connectivity index is 1.70.